The van der Waals surface area contributed by atoms with E-state index in [0.717, 1.165) is 5.56 Å². The van der Waals surface area contributed by atoms with Crippen LogP contribution in [0.3, 0.4) is 0 Å². The summed E-state index contributed by atoms with van der Waals surface area (Å²) in [6.07, 6.45) is -0.269. The lowest BCUT2D eigenvalue weighted by Gasteiger charge is -2.08. The maximum Gasteiger partial charge on any atom is 0.311 e. The van der Waals surface area contributed by atoms with E-state index in [0.29, 0.717) is 5.69 Å². The van der Waals surface area contributed by atoms with Gasteiger partial charge >= 0.3 is 5.97 Å². The third-order valence-corrected chi connectivity index (χ3v) is 3.31. The van der Waals surface area contributed by atoms with Crippen LogP contribution in [-0.4, -0.2) is 23.4 Å². The standard InChI is InChI=1S/C17H16N2O5/c1-12-6-2-4-8-14(12)18-16(20)11-24-17(21)10-13-7-3-5-9-15(13)19(22)23/h2-9H,10-11H2,1H3,(H,18,20). The van der Waals surface area contributed by atoms with Gasteiger partial charge in [0.25, 0.3) is 11.6 Å². The molecular formula is C17H16N2O5. The number of amides is 1. The number of nitro groups is 1. The molecule has 2 rings (SSSR count). The fourth-order valence-electron chi connectivity index (χ4n) is 2.09. The molecule has 7 heteroatoms. The van der Waals surface area contributed by atoms with Gasteiger partial charge in [-0.25, -0.2) is 0 Å². The Balaban J connectivity index is 1.89. The van der Waals surface area contributed by atoms with Crippen molar-refractivity contribution in [3.8, 4) is 0 Å². The minimum atomic E-state index is -0.704. The van der Waals surface area contributed by atoms with Crippen molar-refractivity contribution in [1.82, 2.24) is 0 Å². The number of ether oxygens (including phenoxy) is 1. The Morgan fingerprint density at radius 3 is 2.50 bits per heavy atom. The highest BCUT2D eigenvalue weighted by Crippen LogP contribution is 2.18. The number of hydrogen-bond acceptors (Lipinski definition) is 5. The predicted molar refractivity (Wildman–Crippen MR) is 87.6 cm³/mol. The highest BCUT2D eigenvalue weighted by atomic mass is 16.6. The second-order valence-electron chi connectivity index (χ2n) is 5.09. The lowest BCUT2D eigenvalue weighted by atomic mass is 10.1. The number of nitro benzene ring substituents is 1. The van der Waals surface area contributed by atoms with Crippen LogP contribution in [0.15, 0.2) is 48.5 Å². The third-order valence-electron chi connectivity index (χ3n) is 3.31. The maximum absolute atomic E-state index is 11.8. The van der Waals surface area contributed by atoms with E-state index in [1.54, 1.807) is 18.2 Å². The number of hydrogen-bond donors (Lipinski definition) is 1. The van der Waals surface area contributed by atoms with Gasteiger partial charge in [0.15, 0.2) is 6.61 Å². The van der Waals surface area contributed by atoms with Crippen molar-refractivity contribution in [3.63, 3.8) is 0 Å². The number of nitrogens with zero attached hydrogens (tertiary/aromatic N) is 1. The normalized spacial score (nSPS) is 10.0. The molecule has 0 aliphatic heterocycles. The molecule has 0 unspecified atom stereocenters. The Labute approximate surface area is 138 Å². The molecule has 0 aromatic heterocycles. The number of benzene rings is 2. The summed E-state index contributed by atoms with van der Waals surface area (Å²) < 4.78 is 4.88. The van der Waals surface area contributed by atoms with Crippen molar-refractivity contribution in [2.75, 3.05) is 11.9 Å². The van der Waals surface area contributed by atoms with Gasteiger partial charge in [-0.1, -0.05) is 36.4 Å². The minimum absolute atomic E-state index is 0.154. The molecular weight excluding hydrogens is 312 g/mol. The first-order valence-electron chi connectivity index (χ1n) is 7.21. The first-order valence-corrected chi connectivity index (χ1v) is 7.21. The van der Waals surface area contributed by atoms with E-state index < -0.39 is 23.4 Å². The van der Waals surface area contributed by atoms with Crippen LogP contribution in [0.2, 0.25) is 0 Å². The zero-order valence-corrected chi connectivity index (χ0v) is 13.0. The van der Waals surface area contributed by atoms with Gasteiger partial charge in [-0.05, 0) is 18.6 Å². The van der Waals surface area contributed by atoms with Gasteiger partial charge in [-0.15, -0.1) is 0 Å². The minimum Gasteiger partial charge on any atom is -0.455 e. The zero-order valence-electron chi connectivity index (χ0n) is 13.0. The number of anilines is 1. The molecule has 0 saturated heterocycles. The zero-order chi connectivity index (χ0) is 17.5. The molecule has 0 aliphatic rings. The van der Waals surface area contributed by atoms with Crippen molar-refractivity contribution in [2.24, 2.45) is 0 Å². The smallest absolute Gasteiger partial charge is 0.311 e. The Morgan fingerprint density at radius 2 is 1.79 bits per heavy atom. The van der Waals surface area contributed by atoms with Gasteiger partial charge in [-0.3, -0.25) is 19.7 Å². The number of rotatable bonds is 6. The van der Waals surface area contributed by atoms with E-state index in [1.165, 1.54) is 18.2 Å². The van der Waals surface area contributed by atoms with Crippen LogP contribution in [0.1, 0.15) is 11.1 Å². The Bertz CT molecular complexity index is 773. The van der Waals surface area contributed by atoms with Crippen LogP contribution in [-0.2, 0) is 20.7 Å². The second-order valence-corrected chi connectivity index (χ2v) is 5.09. The van der Waals surface area contributed by atoms with Crippen LogP contribution in [0.5, 0.6) is 0 Å². The molecule has 0 spiro atoms. The Kier molecular flexibility index (Phi) is 5.62. The van der Waals surface area contributed by atoms with Crippen molar-refractivity contribution >= 4 is 23.3 Å². The van der Waals surface area contributed by atoms with Crippen LogP contribution in [0.25, 0.3) is 0 Å². The van der Waals surface area contributed by atoms with Crippen molar-refractivity contribution in [3.05, 3.63) is 69.8 Å². The number of aryl methyl sites for hydroxylation is 1. The molecule has 0 bridgehead atoms. The summed E-state index contributed by atoms with van der Waals surface area (Å²) >= 11 is 0. The molecule has 0 radical (unpaired) electrons. The molecule has 0 aliphatic carbocycles. The van der Waals surface area contributed by atoms with Crippen molar-refractivity contribution in [2.45, 2.75) is 13.3 Å². The number of carbonyl (C=O) groups excluding carboxylic acids is 2. The molecule has 1 amide bonds. The van der Waals surface area contributed by atoms with Crippen LogP contribution in [0, 0.1) is 17.0 Å². The molecule has 7 nitrogen and oxygen atoms in total. The lowest BCUT2D eigenvalue weighted by molar-refractivity contribution is -0.385. The molecule has 0 atom stereocenters. The average Bonchev–Trinajstić information content (AvgIpc) is 2.55. The molecule has 124 valence electrons. The Hall–Kier alpha value is -3.22. The summed E-state index contributed by atoms with van der Waals surface area (Å²) in [7, 11) is 0. The predicted octanol–water partition coefficient (Wildman–Crippen LogP) is 2.63. The summed E-state index contributed by atoms with van der Waals surface area (Å²) in [6, 6.07) is 13.1. The largest absolute Gasteiger partial charge is 0.455 e. The monoisotopic (exact) mass is 328 g/mol. The molecule has 1 N–H and O–H groups in total. The van der Waals surface area contributed by atoms with Crippen LogP contribution in [0.4, 0.5) is 11.4 Å². The Morgan fingerprint density at radius 1 is 1.12 bits per heavy atom. The van der Waals surface area contributed by atoms with Gasteiger partial charge in [0.2, 0.25) is 0 Å². The summed E-state index contributed by atoms with van der Waals surface area (Å²) in [6.45, 7) is 1.39. The lowest BCUT2D eigenvalue weighted by Crippen LogP contribution is -2.22. The SMILES string of the molecule is Cc1ccccc1NC(=O)COC(=O)Cc1ccccc1[N+](=O)[O-]. The summed E-state index contributed by atoms with van der Waals surface area (Å²) in [5, 5.41) is 13.5. The van der Waals surface area contributed by atoms with Gasteiger partial charge in [0.1, 0.15) is 0 Å². The summed E-state index contributed by atoms with van der Waals surface area (Å²) in [4.78, 5) is 33.9. The number of esters is 1. The first-order chi connectivity index (χ1) is 11.5. The van der Waals surface area contributed by atoms with E-state index in [2.05, 4.69) is 5.32 Å². The summed E-state index contributed by atoms with van der Waals surface area (Å²) in [5.74, 6) is -1.18. The van der Waals surface area contributed by atoms with Crippen LogP contribution < -0.4 is 5.32 Å². The highest BCUT2D eigenvalue weighted by Gasteiger charge is 2.17. The van der Waals surface area contributed by atoms with Gasteiger partial charge in [0, 0.05) is 17.3 Å². The van der Waals surface area contributed by atoms with E-state index in [-0.39, 0.29) is 17.7 Å². The molecule has 0 saturated carbocycles. The van der Waals surface area contributed by atoms with E-state index in [1.807, 2.05) is 19.1 Å². The van der Waals surface area contributed by atoms with Gasteiger partial charge in [0.05, 0.1) is 11.3 Å². The third kappa shape index (κ3) is 4.64. The van der Waals surface area contributed by atoms with Crippen molar-refractivity contribution in [1.29, 1.82) is 0 Å². The maximum atomic E-state index is 11.8. The topological polar surface area (TPSA) is 98.5 Å². The molecule has 2 aromatic rings. The van der Waals surface area contributed by atoms with Gasteiger partial charge in [-0.2, -0.15) is 0 Å². The molecule has 0 heterocycles. The molecule has 24 heavy (non-hydrogen) atoms. The molecule has 0 fully saturated rings. The summed E-state index contributed by atoms with van der Waals surface area (Å²) in [5.41, 5.74) is 1.61. The second kappa shape index (κ2) is 7.87. The molecule has 2 aromatic carbocycles. The van der Waals surface area contributed by atoms with E-state index in [4.69, 9.17) is 4.74 Å². The number of carbonyl (C=O) groups is 2. The first kappa shape index (κ1) is 17.1. The highest BCUT2D eigenvalue weighted by molar-refractivity contribution is 5.93. The number of para-hydroxylation sites is 2. The van der Waals surface area contributed by atoms with E-state index in [9.17, 15) is 19.7 Å². The van der Waals surface area contributed by atoms with Gasteiger partial charge < -0.3 is 10.1 Å². The fraction of sp³-hybridized carbons (Fsp3) is 0.176. The number of nitrogens with one attached hydrogen (secondary N) is 1. The van der Waals surface area contributed by atoms with Crippen LogP contribution >= 0.6 is 0 Å². The van der Waals surface area contributed by atoms with E-state index >= 15 is 0 Å². The average molecular weight is 328 g/mol. The quantitative estimate of drug-likeness (QED) is 0.499. The van der Waals surface area contributed by atoms with Crippen molar-refractivity contribution < 1.29 is 19.2 Å². The fourth-order valence-corrected chi connectivity index (χ4v) is 2.09.